The second-order valence-electron chi connectivity index (χ2n) is 15.3. The number of ether oxygens (including phenoxy) is 6. The van der Waals surface area contributed by atoms with E-state index in [1.165, 1.54) is 148 Å². The Morgan fingerprint density at radius 3 is 1.08 bits per heavy atom. The summed E-state index contributed by atoms with van der Waals surface area (Å²) in [6, 6.07) is 24.9. The first-order chi connectivity index (χ1) is 31.1. The zero-order chi connectivity index (χ0) is 45.5. The fourth-order valence-electron chi connectivity index (χ4n) is 6.56. The van der Waals surface area contributed by atoms with Gasteiger partial charge < -0.3 is 28.4 Å². The molecule has 0 aliphatic carbocycles. The molecule has 0 aliphatic rings. The number of hydrogen-bond donors (Lipinski definition) is 0. The van der Waals surface area contributed by atoms with Gasteiger partial charge in [-0.25, -0.2) is 28.0 Å². The Kier molecular flexibility index (Phi) is 19.8. The Bertz CT molecular complexity index is 2120. The van der Waals surface area contributed by atoms with Crippen LogP contribution < -0.4 is 28.4 Å². The zero-order valence-electron chi connectivity index (χ0n) is 36.5. The van der Waals surface area contributed by atoms with E-state index in [4.69, 9.17) is 28.4 Å². The summed E-state index contributed by atoms with van der Waals surface area (Å²) in [7, 11) is 0. The molecule has 338 valence electrons. The molecule has 0 saturated carbocycles. The summed E-state index contributed by atoms with van der Waals surface area (Å²) in [4.78, 5) is 51.3. The first-order valence-corrected chi connectivity index (χ1v) is 22.2. The van der Waals surface area contributed by atoms with Crippen molar-refractivity contribution < 1.29 is 56.4 Å². The molecule has 0 bridgehead atoms. The summed E-state index contributed by atoms with van der Waals surface area (Å²) < 4.78 is 62.2. The Morgan fingerprint density at radius 1 is 0.375 bits per heavy atom. The molecule has 0 saturated heterocycles. The Hall–Kier alpha value is -6.56. The number of carbonyl (C=O) groups excluding carboxylic acids is 4. The molecule has 0 atom stereocenters. The zero-order valence-corrected chi connectivity index (χ0v) is 36.5. The molecule has 10 nitrogen and oxygen atoms in total. The van der Waals surface area contributed by atoms with E-state index in [0.717, 1.165) is 50.7 Å². The largest absolute Gasteiger partial charge is 0.491 e. The average molecular weight is 879 g/mol. The number of esters is 4. The minimum absolute atomic E-state index is 0.00108. The van der Waals surface area contributed by atoms with Gasteiger partial charge in [-0.2, -0.15) is 0 Å². The SMILES string of the molecule is CCCCCCCCCOc1ccc(C(=O)Oc2ccc(C(=O)Oc3cccc(OC(=O)c4ccc(OC(=O)c5ccc(OCCCCCCCCC)c(F)c5)cc4)c3)cc2)cc1F. The van der Waals surface area contributed by atoms with Gasteiger partial charge in [0.05, 0.1) is 35.5 Å². The molecule has 0 radical (unpaired) electrons. The lowest BCUT2D eigenvalue weighted by Gasteiger charge is -2.10. The lowest BCUT2D eigenvalue weighted by Crippen LogP contribution is -2.11. The average Bonchev–Trinajstić information content (AvgIpc) is 3.29. The first-order valence-electron chi connectivity index (χ1n) is 22.2. The van der Waals surface area contributed by atoms with E-state index in [2.05, 4.69) is 13.8 Å². The lowest BCUT2D eigenvalue weighted by molar-refractivity contribution is 0.0722. The molecule has 64 heavy (non-hydrogen) atoms. The quantitative estimate of drug-likeness (QED) is 0.0301. The van der Waals surface area contributed by atoms with E-state index in [1.54, 1.807) is 0 Å². The molecule has 5 aromatic rings. The predicted molar refractivity (Wildman–Crippen MR) is 239 cm³/mol. The van der Waals surface area contributed by atoms with Gasteiger partial charge in [-0.15, -0.1) is 0 Å². The summed E-state index contributed by atoms with van der Waals surface area (Å²) in [5, 5.41) is 0. The molecule has 0 heterocycles. The highest BCUT2D eigenvalue weighted by Crippen LogP contribution is 2.25. The molecule has 0 aromatic heterocycles. The molecule has 5 rings (SSSR count). The smallest absolute Gasteiger partial charge is 0.343 e. The predicted octanol–water partition coefficient (Wildman–Crippen LogP) is 13.1. The van der Waals surface area contributed by atoms with Crippen LogP contribution in [-0.2, 0) is 0 Å². The highest BCUT2D eigenvalue weighted by atomic mass is 19.1. The van der Waals surface area contributed by atoms with Gasteiger partial charge in [0.1, 0.15) is 23.0 Å². The van der Waals surface area contributed by atoms with Gasteiger partial charge in [-0.1, -0.05) is 97.0 Å². The second kappa shape index (κ2) is 26.2. The van der Waals surface area contributed by atoms with Crippen molar-refractivity contribution in [2.24, 2.45) is 0 Å². The fourth-order valence-corrected chi connectivity index (χ4v) is 6.56. The summed E-state index contributed by atoms with van der Waals surface area (Å²) in [5.41, 5.74) is 0.279. The lowest BCUT2D eigenvalue weighted by atomic mass is 10.1. The van der Waals surface area contributed by atoms with Crippen molar-refractivity contribution in [1.29, 1.82) is 0 Å². The van der Waals surface area contributed by atoms with Crippen LogP contribution in [-0.4, -0.2) is 37.1 Å². The van der Waals surface area contributed by atoms with Gasteiger partial charge >= 0.3 is 23.9 Å². The van der Waals surface area contributed by atoms with Crippen LogP contribution in [0.25, 0.3) is 0 Å². The van der Waals surface area contributed by atoms with Crippen LogP contribution in [0, 0.1) is 11.6 Å². The van der Waals surface area contributed by atoms with Crippen LogP contribution in [0.3, 0.4) is 0 Å². The molecule has 0 amide bonds. The Morgan fingerprint density at radius 2 is 0.703 bits per heavy atom. The monoisotopic (exact) mass is 878 g/mol. The van der Waals surface area contributed by atoms with E-state index in [0.29, 0.717) is 13.2 Å². The van der Waals surface area contributed by atoms with Crippen LogP contribution in [0.1, 0.15) is 145 Å². The molecule has 0 spiro atoms. The normalized spacial score (nSPS) is 10.8. The third kappa shape index (κ3) is 16.0. The third-order valence-corrected chi connectivity index (χ3v) is 10.2. The topological polar surface area (TPSA) is 124 Å². The number of benzene rings is 5. The van der Waals surface area contributed by atoms with Crippen LogP contribution >= 0.6 is 0 Å². The summed E-state index contributed by atoms with van der Waals surface area (Å²) in [6.45, 7) is 5.13. The summed E-state index contributed by atoms with van der Waals surface area (Å²) >= 11 is 0. The molecule has 0 unspecified atom stereocenters. The number of rotatable bonds is 26. The van der Waals surface area contributed by atoms with Crippen LogP contribution in [0.15, 0.2) is 109 Å². The number of carbonyl (C=O) groups is 4. The highest BCUT2D eigenvalue weighted by Gasteiger charge is 2.17. The van der Waals surface area contributed by atoms with E-state index < -0.39 is 35.5 Å². The van der Waals surface area contributed by atoms with Gasteiger partial charge in [0.15, 0.2) is 23.1 Å². The van der Waals surface area contributed by atoms with Gasteiger partial charge in [-0.3, -0.25) is 0 Å². The van der Waals surface area contributed by atoms with Crippen LogP contribution in [0.2, 0.25) is 0 Å². The van der Waals surface area contributed by atoms with Gasteiger partial charge in [0, 0.05) is 6.07 Å². The van der Waals surface area contributed by atoms with E-state index in [-0.39, 0.29) is 56.8 Å². The number of hydrogen-bond acceptors (Lipinski definition) is 10. The van der Waals surface area contributed by atoms with Crippen molar-refractivity contribution in [3.05, 3.63) is 143 Å². The Labute approximate surface area is 373 Å². The molecule has 12 heteroatoms. The minimum Gasteiger partial charge on any atom is -0.491 e. The number of halogens is 2. The summed E-state index contributed by atoms with van der Waals surface area (Å²) in [5.74, 6) is -3.78. The van der Waals surface area contributed by atoms with Crippen LogP contribution in [0.5, 0.6) is 34.5 Å². The molecule has 0 N–H and O–H groups in total. The van der Waals surface area contributed by atoms with E-state index >= 15 is 0 Å². The minimum atomic E-state index is -0.784. The van der Waals surface area contributed by atoms with Crippen molar-refractivity contribution in [3.8, 4) is 34.5 Å². The maximum atomic E-state index is 14.7. The first kappa shape index (κ1) is 48.5. The molecule has 0 aliphatic heterocycles. The van der Waals surface area contributed by atoms with Crippen LogP contribution in [0.4, 0.5) is 8.78 Å². The molecular weight excluding hydrogens is 823 g/mol. The van der Waals surface area contributed by atoms with E-state index in [1.807, 2.05) is 0 Å². The second-order valence-corrected chi connectivity index (χ2v) is 15.3. The number of unbranched alkanes of at least 4 members (excludes halogenated alkanes) is 12. The maximum Gasteiger partial charge on any atom is 0.343 e. The third-order valence-electron chi connectivity index (χ3n) is 10.2. The van der Waals surface area contributed by atoms with Crippen molar-refractivity contribution in [1.82, 2.24) is 0 Å². The fraction of sp³-hybridized carbons (Fsp3) is 0.346. The highest BCUT2D eigenvalue weighted by molar-refractivity contribution is 5.94. The van der Waals surface area contributed by atoms with Crippen molar-refractivity contribution in [3.63, 3.8) is 0 Å². The van der Waals surface area contributed by atoms with Crippen molar-refractivity contribution in [2.75, 3.05) is 13.2 Å². The molecule has 5 aromatic carbocycles. The molecule has 0 fully saturated rings. The summed E-state index contributed by atoms with van der Waals surface area (Å²) in [6.07, 6.45) is 15.6. The van der Waals surface area contributed by atoms with Gasteiger partial charge in [-0.05, 0) is 110 Å². The Balaban J connectivity index is 1.04. The van der Waals surface area contributed by atoms with Crippen molar-refractivity contribution >= 4 is 23.9 Å². The van der Waals surface area contributed by atoms with Crippen molar-refractivity contribution in [2.45, 2.75) is 104 Å². The van der Waals surface area contributed by atoms with Gasteiger partial charge in [0.2, 0.25) is 0 Å². The molecular formula is C52H56F2O10. The maximum absolute atomic E-state index is 14.7. The standard InChI is InChI=1S/C52H56F2O10/c1-3-5-7-9-11-13-15-32-59-47-30-24-39(34-45(47)53)51(57)61-41-26-20-37(21-27-41)49(55)63-43-18-17-19-44(36-43)64-50(56)38-22-28-42(29-23-38)62-52(58)40-25-31-48(46(54)35-40)60-33-16-14-12-10-8-6-4-2/h17-31,34-36H,3-16,32-33H2,1-2H3. The van der Waals surface area contributed by atoms with Gasteiger partial charge in [0.25, 0.3) is 0 Å². The van der Waals surface area contributed by atoms with E-state index in [9.17, 15) is 28.0 Å².